The minimum Gasteiger partial charge on any atom is -0.357 e. The molecule has 5 rings (SSSR count). The van der Waals surface area contributed by atoms with Crippen molar-refractivity contribution < 1.29 is 9.59 Å². The second kappa shape index (κ2) is 6.58. The molecule has 0 saturated carbocycles. The summed E-state index contributed by atoms with van der Waals surface area (Å²) in [5.74, 6) is 1.38. The highest BCUT2D eigenvalue weighted by atomic mass is 16.2. The quantitative estimate of drug-likeness (QED) is 0.670. The van der Waals surface area contributed by atoms with Crippen LogP contribution in [0.4, 0.5) is 10.6 Å². The standard InChI is InChI=1S/C21H22N6O2/c1-14-23-16-7-10-22-17(16)18(24-14)26-11-8-21(9-12-26)19(28)25-20(29)27(21)13-15-5-3-2-4-6-15/h2-7,10,22H,8-9,11-13H2,1H3,(H,25,28,29). The van der Waals surface area contributed by atoms with E-state index in [2.05, 4.69) is 25.2 Å². The molecule has 4 heterocycles. The number of aryl methyl sites for hydroxylation is 1. The van der Waals surface area contributed by atoms with Gasteiger partial charge in [0.1, 0.15) is 16.9 Å². The van der Waals surface area contributed by atoms with E-state index in [9.17, 15) is 9.59 Å². The van der Waals surface area contributed by atoms with Gasteiger partial charge in [-0.25, -0.2) is 14.8 Å². The maximum atomic E-state index is 12.8. The minimum atomic E-state index is -0.805. The third kappa shape index (κ3) is 2.83. The molecule has 0 bridgehead atoms. The predicted molar refractivity (Wildman–Crippen MR) is 108 cm³/mol. The summed E-state index contributed by atoms with van der Waals surface area (Å²) in [6.45, 7) is 3.57. The molecule has 8 nitrogen and oxygen atoms in total. The molecular weight excluding hydrogens is 368 g/mol. The lowest BCUT2D eigenvalue weighted by atomic mass is 9.85. The van der Waals surface area contributed by atoms with E-state index in [0.717, 1.165) is 22.4 Å². The van der Waals surface area contributed by atoms with E-state index in [0.29, 0.717) is 38.3 Å². The Labute approximate surface area is 167 Å². The Morgan fingerprint density at radius 3 is 2.59 bits per heavy atom. The van der Waals surface area contributed by atoms with Crippen molar-refractivity contribution >= 4 is 28.8 Å². The Kier molecular flexibility index (Phi) is 4.01. The fraction of sp³-hybridized carbons (Fsp3) is 0.333. The summed E-state index contributed by atoms with van der Waals surface area (Å²) >= 11 is 0. The molecule has 8 heteroatoms. The van der Waals surface area contributed by atoms with E-state index in [1.165, 1.54) is 0 Å². The molecule has 2 fully saturated rings. The van der Waals surface area contributed by atoms with Gasteiger partial charge in [-0.05, 0) is 31.4 Å². The molecular formula is C21H22N6O2. The average molecular weight is 390 g/mol. The third-order valence-corrected chi connectivity index (χ3v) is 5.98. The van der Waals surface area contributed by atoms with E-state index in [4.69, 9.17) is 0 Å². The number of amides is 3. The first-order valence-electron chi connectivity index (χ1n) is 9.80. The first kappa shape index (κ1) is 17.7. The van der Waals surface area contributed by atoms with Gasteiger partial charge in [0.05, 0.1) is 5.52 Å². The molecule has 0 aliphatic carbocycles. The molecule has 0 unspecified atom stereocenters. The molecule has 3 amide bonds. The summed E-state index contributed by atoms with van der Waals surface area (Å²) in [4.78, 5) is 41.6. The number of aromatic nitrogens is 3. The lowest BCUT2D eigenvalue weighted by molar-refractivity contribution is -0.127. The molecule has 1 aromatic carbocycles. The number of urea groups is 1. The molecule has 0 radical (unpaired) electrons. The molecule has 148 valence electrons. The lowest BCUT2D eigenvalue weighted by Crippen LogP contribution is -2.56. The van der Waals surface area contributed by atoms with Gasteiger partial charge in [-0.1, -0.05) is 30.3 Å². The number of hydrogen-bond acceptors (Lipinski definition) is 5. The number of carbonyl (C=O) groups is 2. The van der Waals surface area contributed by atoms with Crippen molar-refractivity contribution in [1.29, 1.82) is 0 Å². The SMILES string of the molecule is Cc1nc(N2CCC3(CC2)C(=O)NC(=O)N3Cc2ccccc2)c2[nH]ccc2n1. The van der Waals surface area contributed by atoms with Crippen molar-refractivity contribution in [3.05, 3.63) is 54.0 Å². The third-order valence-electron chi connectivity index (χ3n) is 5.98. The monoisotopic (exact) mass is 390 g/mol. The molecule has 2 aliphatic heterocycles. The number of piperidine rings is 1. The fourth-order valence-electron chi connectivity index (χ4n) is 4.44. The van der Waals surface area contributed by atoms with Gasteiger partial charge in [0.25, 0.3) is 5.91 Å². The van der Waals surface area contributed by atoms with Crippen molar-refractivity contribution in [2.24, 2.45) is 0 Å². The molecule has 2 aromatic heterocycles. The van der Waals surface area contributed by atoms with Crippen molar-refractivity contribution in [3.63, 3.8) is 0 Å². The van der Waals surface area contributed by atoms with Crippen LogP contribution in [0, 0.1) is 6.92 Å². The van der Waals surface area contributed by atoms with Crippen LogP contribution >= 0.6 is 0 Å². The molecule has 0 atom stereocenters. The number of carbonyl (C=O) groups excluding carboxylic acids is 2. The summed E-state index contributed by atoms with van der Waals surface area (Å²) < 4.78 is 0. The number of fused-ring (bicyclic) bond motifs is 1. The van der Waals surface area contributed by atoms with Crippen LogP contribution < -0.4 is 10.2 Å². The summed E-state index contributed by atoms with van der Waals surface area (Å²) in [6.07, 6.45) is 2.98. The number of aromatic amines is 1. The highest BCUT2D eigenvalue weighted by molar-refractivity contribution is 6.07. The van der Waals surface area contributed by atoms with E-state index < -0.39 is 5.54 Å². The van der Waals surface area contributed by atoms with Gasteiger partial charge in [0.2, 0.25) is 0 Å². The first-order valence-corrected chi connectivity index (χ1v) is 9.80. The van der Waals surface area contributed by atoms with E-state index in [1.54, 1.807) is 4.90 Å². The van der Waals surface area contributed by atoms with Gasteiger partial charge < -0.3 is 14.8 Å². The van der Waals surface area contributed by atoms with E-state index in [-0.39, 0.29) is 11.9 Å². The van der Waals surface area contributed by atoms with Gasteiger partial charge in [-0.3, -0.25) is 10.1 Å². The maximum Gasteiger partial charge on any atom is 0.325 e. The number of rotatable bonds is 3. The van der Waals surface area contributed by atoms with Gasteiger partial charge in [0.15, 0.2) is 5.82 Å². The van der Waals surface area contributed by atoms with Crippen molar-refractivity contribution in [2.45, 2.75) is 31.8 Å². The van der Waals surface area contributed by atoms with Crippen LogP contribution in [-0.2, 0) is 11.3 Å². The molecule has 2 N–H and O–H groups in total. The molecule has 2 saturated heterocycles. The average Bonchev–Trinajstić information content (AvgIpc) is 3.28. The number of nitrogens with one attached hydrogen (secondary N) is 2. The smallest absolute Gasteiger partial charge is 0.325 e. The number of benzene rings is 1. The van der Waals surface area contributed by atoms with Crippen LogP contribution in [0.1, 0.15) is 24.2 Å². The van der Waals surface area contributed by atoms with Gasteiger partial charge in [-0.2, -0.15) is 0 Å². The van der Waals surface area contributed by atoms with Crippen LogP contribution in [-0.4, -0.2) is 50.4 Å². The number of imide groups is 1. The highest BCUT2D eigenvalue weighted by Gasteiger charge is 2.54. The lowest BCUT2D eigenvalue weighted by Gasteiger charge is -2.42. The van der Waals surface area contributed by atoms with Crippen molar-refractivity contribution in [3.8, 4) is 0 Å². The normalized spacial score (nSPS) is 18.7. The van der Waals surface area contributed by atoms with Gasteiger partial charge in [0, 0.05) is 25.8 Å². The zero-order valence-corrected chi connectivity index (χ0v) is 16.2. The van der Waals surface area contributed by atoms with Crippen molar-refractivity contribution in [1.82, 2.24) is 25.2 Å². The van der Waals surface area contributed by atoms with Gasteiger partial charge in [-0.15, -0.1) is 0 Å². The minimum absolute atomic E-state index is 0.193. The van der Waals surface area contributed by atoms with Crippen LogP contribution in [0.2, 0.25) is 0 Å². The topological polar surface area (TPSA) is 94.2 Å². The number of H-pyrrole nitrogens is 1. The van der Waals surface area contributed by atoms with Gasteiger partial charge >= 0.3 is 6.03 Å². The summed E-state index contributed by atoms with van der Waals surface area (Å²) in [5, 5.41) is 2.53. The van der Waals surface area contributed by atoms with Crippen LogP contribution in [0.15, 0.2) is 42.6 Å². The van der Waals surface area contributed by atoms with Crippen LogP contribution in [0.25, 0.3) is 11.0 Å². The second-order valence-electron chi connectivity index (χ2n) is 7.68. The Bertz CT molecular complexity index is 1090. The van der Waals surface area contributed by atoms with Crippen LogP contribution in [0.3, 0.4) is 0 Å². The first-order chi connectivity index (χ1) is 14.1. The van der Waals surface area contributed by atoms with E-state index in [1.807, 2.05) is 49.5 Å². The Hall–Kier alpha value is -3.42. The number of nitrogens with zero attached hydrogens (tertiary/aromatic N) is 4. The van der Waals surface area contributed by atoms with Crippen LogP contribution in [0.5, 0.6) is 0 Å². The molecule has 29 heavy (non-hydrogen) atoms. The Morgan fingerprint density at radius 1 is 1.07 bits per heavy atom. The summed E-state index contributed by atoms with van der Waals surface area (Å²) in [5.41, 5.74) is 1.99. The predicted octanol–water partition coefficient (Wildman–Crippen LogP) is 2.36. The molecule has 2 aliphatic rings. The molecule has 1 spiro atoms. The zero-order chi connectivity index (χ0) is 20.0. The van der Waals surface area contributed by atoms with E-state index >= 15 is 0 Å². The number of hydrogen-bond donors (Lipinski definition) is 2. The summed E-state index contributed by atoms with van der Waals surface area (Å²) in [7, 11) is 0. The zero-order valence-electron chi connectivity index (χ0n) is 16.2. The second-order valence-corrected chi connectivity index (χ2v) is 7.68. The number of anilines is 1. The maximum absolute atomic E-state index is 12.8. The molecule has 3 aromatic rings. The fourth-order valence-corrected chi connectivity index (χ4v) is 4.44. The Balaban J connectivity index is 1.42. The largest absolute Gasteiger partial charge is 0.357 e. The van der Waals surface area contributed by atoms with Crippen molar-refractivity contribution in [2.75, 3.05) is 18.0 Å². The Morgan fingerprint density at radius 2 is 1.83 bits per heavy atom. The highest BCUT2D eigenvalue weighted by Crippen LogP contribution is 2.36. The summed E-state index contributed by atoms with van der Waals surface area (Å²) in [6, 6.07) is 11.4.